The first-order valence-corrected chi connectivity index (χ1v) is 14.1. The van der Waals surface area contributed by atoms with Gasteiger partial charge in [0.15, 0.2) is 0 Å². The zero-order valence-electron chi connectivity index (χ0n) is 20.0. The van der Waals surface area contributed by atoms with Gasteiger partial charge in [0.2, 0.25) is 0 Å². The van der Waals surface area contributed by atoms with Gasteiger partial charge in [-0.05, 0) is 70.0 Å². The van der Waals surface area contributed by atoms with Gasteiger partial charge >= 0.3 is 6.03 Å². The van der Waals surface area contributed by atoms with Gasteiger partial charge in [-0.1, -0.05) is 61.0 Å². The molecule has 2 fully saturated rings. The summed E-state index contributed by atoms with van der Waals surface area (Å²) in [6.45, 7) is 0. The number of hydrogen-bond donors (Lipinski definition) is 2. The van der Waals surface area contributed by atoms with Gasteiger partial charge in [-0.2, -0.15) is 11.8 Å². The molecule has 6 rings (SSSR count). The van der Waals surface area contributed by atoms with Crippen LogP contribution in [-0.4, -0.2) is 34.9 Å². The van der Waals surface area contributed by atoms with E-state index >= 15 is 0 Å². The van der Waals surface area contributed by atoms with Crippen molar-refractivity contribution in [2.75, 3.05) is 5.75 Å². The third kappa shape index (κ3) is 4.47. The van der Waals surface area contributed by atoms with Crippen LogP contribution < -0.4 is 10.6 Å². The molecule has 180 valence electrons. The van der Waals surface area contributed by atoms with Crippen molar-refractivity contribution in [3.05, 3.63) is 60.2 Å². The Labute approximate surface area is 210 Å². The molecule has 4 aromatic carbocycles. The number of urea groups is 1. The van der Waals surface area contributed by atoms with Crippen LogP contribution in [-0.2, 0) is 11.2 Å². The van der Waals surface area contributed by atoms with Crippen molar-refractivity contribution in [1.82, 2.24) is 10.6 Å². The first kappa shape index (κ1) is 22.7. The lowest BCUT2D eigenvalue weighted by molar-refractivity contribution is -0.119. The first-order chi connectivity index (χ1) is 17.2. The average molecular weight is 485 g/mol. The van der Waals surface area contributed by atoms with E-state index in [9.17, 15) is 9.59 Å². The topological polar surface area (TPSA) is 58.2 Å². The number of thioether (sulfide) groups is 1. The summed E-state index contributed by atoms with van der Waals surface area (Å²) in [6.07, 6.45) is 7.50. The van der Waals surface area contributed by atoms with E-state index in [1.165, 1.54) is 37.9 Å². The fourth-order valence-corrected chi connectivity index (χ4v) is 7.63. The van der Waals surface area contributed by atoms with Gasteiger partial charge in [-0.15, -0.1) is 0 Å². The third-order valence-electron chi connectivity index (χ3n) is 7.90. The van der Waals surface area contributed by atoms with Gasteiger partial charge in [0.05, 0.1) is 12.1 Å². The summed E-state index contributed by atoms with van der Waals surface area (Å²) in [5.74, 6) is 1.40. The van der Waals surface area contributed by atoms with E-state index in [1.807, 2.05) is 11.8 Å². The molecule has 3 atom stereocenters. The number of carbonyl (C=O) groups excluding carboxylic acids is 2. The number of benzene rings is 4. The van der Waals surface area contributed by atoms with E-state index in [4.69, 9.17) is 0 Å². The maximum absolute atomic E-state index is 12.4. The molecule has 2 saturated heterocycles. The molecule has 2 aliphatic heterocycles. The van der Waals surface area contributed by atoms with E-state index in [2.05, 4.69) is 65.2 Å². The quantitative estimate of drug-likeness (QED) is 0.152. The molecule has 0 unspecified atom stereocenters. The van der Waals surface area contributed by atoms with E-state index in [-0.39, 0.29) is 18.1 Å². The summed E-state index contributed by atoms with van der Waals surface area (Å²) in [5.41, 5.74) is 1.39. The van der Waals surface area contributed by atoms with Crippen LogP contribution in [0.15, 0.2) is 54.6 Å². The van der Waals surface area contributed by atoms with Gasteiger partial charge in [0, 0.05) is 23.8 Å². The van der Waals surface area contributed by atoms with Crippen molar-refractivity contribution >= 4 is 55.9 Å². The molecular weight excluding hydrogens is 452 g/mol. The predicted octanol–water partition coefficient (Wildman–Crippen LogP) is 6.59. The monoisotopic (exact) mass is 484 g/mol. The van der Waals surface area contributed by atoms with Crippen LogP contribution in [0.1, 0.15) is 50.5 Å². The number of unbranched alkanes of at least 4 members (excludes halogenated alkanes) is 2. The molecular formula is C30H32N2O2S. The molecule has 0 aliphatic carbocycles. The van der Waals surface area contributed by atoms with Crippen LogP contribution in [0.3, 0.4) is 0 Å². The molecule has 2 heterocycles. The second kappa shape index (κ2) is 9.69. The molecule has 5 heteroatoms. The number of fused-ring (bicyclic) bond motifs is 1. The SMILES string of the molecule is O=C(CCCCc1ccc2ccc3cccc4ccc1c2c34)CCCC[C@@H]1SC[C@@H]2NC(=O)N[C@@H]21. The number of Topliss-reactive ketones (excluding diaryl/α,β-unsaturated/α-hetero) is 1. The number of aryl methyl sites for hydroxylation is 1. The Morgan fingerprint density at radius 3 is 2.37 bits per heavy atom. The number of ketones is 1. The Balaban J connectivity index is 0.976. The summed E-state index contributed by atoms with van der Waals surface area (Å²) in [4.78, 5) is 24.0. The zero-order chi connectivity index (χ0) is 23.8. The van der Waals surface area contributed by atoms with Gasteiger partial charge in [0.1, 0.15) is 5.78 Å². The normalized spacial score (nSPS) is 21.6. The number of rotatable bonds is 10. The molecule has 0 spiro atoms. The lowest BCUT2D eigenvalue weighted by atomic mass is 9.90. The molecule has 4 nitrogen and oxygen atoms in total. The average Bonchev–Trinajstić information content (AvgIpc) is 3.42. The second-order valence-corrected chi connectivity index (χ2v) is 11.5. The van der Waals surface area contributed by atoms with E-state index in [0.29, 0.717) is 23.9 Å². The molecule has 2 aliphatic rings. The number of amides is 2. The van der Waals surface area contributed by atoms with Crippen LogP contribution in [0.25, 0.3) is 32.3 Å². The largest absolute Gasteiger partial charge is 0.332 e. The predicted molar refractivity (Wildman–Crippen MR) is 147 cm³/mol. The molecule has 35 heavy (non-hydrogen) atoms. The Morgan fingerprint density at radius 2 is 1.54 bits per heavy atom. The lowest BCUT2D eigenvalue weighted by Crippen LogP contribution is -2.36. The van der Waals surface area contributed by atoms with E-state index in [0.717, 1.165) is 44.3 Å². The highest BCUT2D eigenvalue weighted by Gasteiger charge is 2.42. The fourth-order valence-electron chi connectivity index (χ4n) is 6.09. The van der Waals surface area contributed by atoms with Crippen LogP contribution in [0.5, 0.6) is 0 Å². The maximum Gasteiger partial charge on any atom is 0.315 e. The summed E-state index contributed by atoms with van der Waals surface area (Å²) in [7, 11) is 0. The van der Waals surface area contributed by atoms with Gasteiger partial charge in [-0.25, -0.2) is 4.79 Å². The van der Waals surface area contributed by atoms with Crippen molar-refractivity contribution in [3.63, 3.8) is 0 Å². The minimum absolute atomic E-state index is 0.0254. The fraction of sp³-hybridized carbons (Fsp3) is 0.400. The highest BCUT2D eigenvalue weighted by atomic mass is 32.2. The van der Waals surface area contributed by atoms with Gasteiger partial charge in [0.25, 0.3) is 0 Å². The third-order valence-corrected chi connectivity index (χ3v) is 9.41. The standard InChI is InChI=1S/C30H32N2O2S/c33-23(10-3-4-11-26-29-25(18-35-26)31-30(34)32-29)9-2-1-6-19-12-13-22-15-14-20-7-5-8-21-16-17-24(19)28(22)27(20)21/h5,7-8,12-17,25-26,29H,1-4,6,9-11,18H2,(H2,31,32,34)/t25-,26-,29-/m0/s1. The smallest absolute Gasteiger partial charge is 0.315 e. The lowest BCUT2D eigenvalue weighted by Gasteiger charge is -2.16. The van der Waals surface area contributed by atoms with Crippen molar-refractivity contribution in [2.24, 2.45) is 0 Å². The molecule has 2 amide bonds. The van der Waals surface area contributed by atoms with Crippen LogP contribution in [0.2, 0.25) is 0 Å². The Bertz CT molecular complexity index is 1370. The number of nitrogens with one attached hydrogen (secondary N) is 2. The van der Waals surface area contributed by atoms with Crippen LogP contribution >= 0.6 is 11.8 Å². The molecule has 0 radical (unpaired) electrons. The molecule has 2 N–H and O–H groups in total. The van der Waals surface area contributed by atoms with Crippen molar-refractivity contribution in [2.45, 2.75) is 68.7 Å². The van der Waals surface area contributed by atoms with Crippen molar-refractivity contribution in [3.8, 4) is 0 Å². The van der Waals surface area contributed by atoms with Crippen LogP contribution in [0, 0.1) is 0 Å². The van der Waals surface area contributed by atoms with Crippen molar-refractivity contribution in [1.29, 1.82) is 0 Å². The molecule has 0 aromatic heterocycles. The van der Waals surface area contributed by atoms with Crippen molar-refractivity contribution < 1.29 is 9.59 Å². The highest BCUT2D eigenvalue weighted by Crippen LogP contribution is 2.36. The van der Waals surface area contributed by atoms with Gasteiger partial charge in [-0.3, -0.25) is 4.79 Å². The molecule has 0 saturated carbocycles. The van der Waals surface area contributed by atoms with E-state index < -0.39 is 0 Å². The Hall–Kier alpha value is -2.79. The molecule has 0 bridgehead atoms. The number of carbonyl (C=O) groups is 2. The minimum atomic E-state index is -0.0254. The Kier molecular flexibility index (Phi) is 6.28. The highest BCUT2D eigenvalue weighted by molar-refractivity contribution is 8.00. The Morgan fingerprint density at radius 1 is 0.829 bits per heavy atom. The summed E-state index contributed by atoms with van der Waals surface area (Å²) >= 11 is 1.95. The summed E-state index contributed by atoms with van der Waals surface area (Å²) in [5, 5.41) is 14.6. The summed E-state index contributed by atoms with van der Waals surface area (Å²) < 4.78 is 0. The molecule has 4 aromatic rings. The maximum atomic E-state index is 12.4. The first-order valence-electron chi connectivity index (χ1n) is 13.0. The van der Waals surface area contributed by atoms with Gasteiger partial charge < -0.3 is 10.6 Å². The zero-order valence-corrected chi connectivity index (χ0v) is 20.8. The second-order valence-electron chi connectivity index (χ2n) is 10.2. The van der Waals surface area contributed by atoms with Crippen LogP contribution in [0.4, 0.5) is 4.79 Å². The minimum Gasteiger partial charge on any atom is -0.332 e. The van der Waals surface area contributed by atoms with E-state index in [1.54, 1.807) is 0 Å². The number of hydrogen-bond acceptors (Lipinski definition) is 3. The summed E-state index contributed by atoms with van der Waals surface area (Å²) in [6, 6.07) is 20.6.